The smallest absolute Gasteiger partial charge is 0.340 e. The number of carbonyl (C=O) groups is 1. The summed E-state index contributed by atoms with van der Waals surface area (Å²) < 4.78 is 11.2. The van der Waals surface area contributed by atoms with Gasteiger partial charge >= 0.3 is 5.63 Å². The molecule has 2 aromatic rings. The number of likely N-dealkylation sites (N-methyl/N-ethyl adjacent to an activating group) is 1. The van der Waals surface area contributed by atoms with Gasteiger partial charge in [0.05, 0.1) is 18.6 Å². The van der Waals surface area contributed by atoms with E-state index < -0.39 is 42.6 Å². The fourth-order valence-corrected chi connectivity index (χ4v) is 3.47. The molecule has 4 atom stereocenters. The van der Waals surface area contributed by atoms with Gasteiger partial charge in [-0.05, 0) is 44.0 Å². The van der Waals surface area contributed by atoms with Gasteiger partial charge in [-0.1, -0.05) is 6.58 Å². The van der Waals surface area contributed by atoms with E-state index in [-0.39, 0.29) is 18.5 Å². The normalized spacial score (nSPS) is 15.0. The van der Waals surface area contributed by atoms with Crippen LogP contribution in [0.1, 0.15) is 23.6 Å². The highest BCUT2D eigenvalue weighted by atomic mass is 16.5. The number of benzene rings is 1. The molecule has 5 N–H and O–H groups in total. The van der Waals surface area contributed by atoms with Crippen LogP contribution in [0.25, 0.3) is 11.0 Å². The number of nitrogens with zero attached hydrogens (tertiary/aromatic N) is 1. The predicted octanol–water partition coefficient (Wildman–Crippen LogP) is -0.198. The molecule has 0 bridgehead atoms. The van der Waals surface area contributed by atoms with E-state index in [0.717, 1.165) is 10.5 Å². The lowest BCUT2D eigenvalue weighted by atomic mass is 10.0. The van der Waals surface area contributed by atoms with Gasteiger partial charge < -0.3 is 39.6 Å². The SMILES string of the molecule is C=C(C)COc1ccc2c(C)c(CC(=O)N(C)C[C@H](O)[C@H](O)[C@H](O)[C@H](O)CO)c(=O)oc2c1C. The van der Waals surface area contributed by atoms with Gasteiger partial charge in [-0.2, -0.15) is 0 Å². The van der Waals surface area contributed by atoms with Crippen LogP contribution in [-0.2, 0) is 11.2 Å². The molecular formula is C24H33NO9. The molecule has 0 saturated carbocycles. The van der Waals surface area contributed by atoms with Crippen LogP contribution in [0.15, 0.2) is 33.5 Å². The Kier molecular flexibility index (Phi) is 9.37. The van der Waals surface area contributed by atoms with Crippen LogP contribution in [0, 0.1) is 13.8 Å². The molecular weight excluding hydrogens is 446 g/mol. The van der Waals surface area contributed by atoms with Crippen LogP contribution >= 0.6 is 0 Å². The van der Waals surface area contributed by atoms with Gasteiger partial charge in [0.25, 0.3) is 0 Å². The van der Waals surface area contributed by atoms with Crippen LogP contribution in [0.2, 0.25) is 0 Å². The van der Waals surface area contributed by atoms with Gasteiger partial charge in [0, 0.05) is 24.5 Å². The van der Waals surface area contributed by atoms with Crippen molar-refractivity contribution in [3.63, 3.8) is 0 Å². The number of aryl methyl sites for hydroxylation is 2. The molecule has 10 nitrogen and oxygen atoms in total. The Hall–Kier alpha value is -2.76. The topological polar surface area (TPSA) is 161 Å². The van der Waals surface area contributed by atoms with Crippen LogP contribution in [0.5, 0.6) is 5.75 Å². The molecule has 0 radical (unpaired) electrons. The lowest BCUT2D eigenvalue weighted by Crippen LogP contribution is -2.50. The maximum atomic E-state index is 12.7. The zero-order valence-electron chi connectivity index (χ0n) is 19.8. The van der Waals surface area contributed by atoms with E-state index in [1.807, 2.05) is 6.92 Å². The maximum Gasteiger partial charge on any atom is 0.340 e. The zero-order valence-corrected chi connectivity index (χ0v) is 19.8. The van der Waals surface area contributed by atoms with Gasteiger partial charge in [-0.15, -0.1) is 0 Å². The first-order valence-corrected chi connectivity index (χ1v) is 10.8. The number of carbonyl (C=O) groups excluding carboxylic acids is 1. The number of hydrogen-bond acceptors (Lipinski definition) is 9. The fraction of sp³-hybridized carbons (Fsp3) is 0.500. The highest BCUT2D eigenvalue weighted by Gasteiger charge is 2.31. The maximum absolute atomic E-state index is 12.7. The van der Waals surface area contributed by atoms with Crippen molar-refractivity contribution < 1.29 is 39.5 Å². The van der Waals surface area contributed by atoms with E-state index in [1.165, 1.54) is 7.05 Å². The van der Waals surface area contributed by atoms with Crippen molar-refractivity contribution in [3.05, 3.63) is 51.4 Å². The van der Waals surface area contributed by atoms with Crippen molar-refractivity contribution >= 4 is 16.9 Å². The first kappa shape index (κ1) is 27.5. The Morgan fingerprint density at radius 2 is 1.74 bits per heavy atom. The number of aliphatic hydroxyl groups excluding tert-OH is 5. The molecule has 1 aromatic heterocycles. The first-order chi connectivity index (χ1) is 15.9. The Labute approximate surface area is 197 Å². The van der Waals surface area contributed by atoms with Crippen LogP contribution in [-0.4, -0.2) is 87.6 Å². The molecule has 1 amide bonds. The molecule has 34 heavy (non-hydrogen) atoms. The van der Waals surface area contributed by atoms with Crippen molar-refractivity contribution in [2.75, 3.05) is 26.8 Å². The lowest BCUT2D eigenvalue weighted by molar-refractivity contribution is -0.137. The van der Waals surface area contributed by atoms with Crippen molar-refractivity contribution in [2.24, 2.45) is 0 Å². The van der Waals surface area contributed by atoms with Gasteiger partial charge in [0.15, 0.2) is 0 Å². The van der Waals surface area contributed by atoms with Gasteiger partial charge in [0.1, 0.15) is 42.4 Å². The molecule has 0 aliphatic carbocycles. The third-order valence-electron chi connectivity index (χ3n) is 5.67. The number of amides is 1. The average molecular weight is 480 g/mol. The molecule has 0 unspecified atom stereocenters. The Morgan fingerprint density at radius 1 is 1.12 bits per heavy atom. The second kappa shape index (κ2) is 11.6. The summed E-state index contributed by atoms with van der Waals surface area (Å²) in [4.78, 5) is 26.5. The van der Waals surface area contributed by atoms with Crippen LogP contribution < -0.4 is 10.4 Å². The van der Waals surface area contributed by atoms with Gasteiger partial charge in [0.2, 0.25) is 5.91 Å². The minimum absolute atomic E-state index is 0.158. The third kappa shape index (κ3) is 6.22. The number of aliphatic hydroxyl groups is 5. The second-order valence-electron chi connectivity index (χ2n) is 8.55. The first-order valence-electron chi connectivity index (χ1n) is 10.8. The summed E-state index contributed by atoms with van der Waals surface area (Å²) in [5, 5.41) is 48.7. The molecule has 0 saturated heterocycles. The minimum Gasteiger partial charge on any atom is -0.489 e. The van der Waals surface area contributed by atoms with E-state index >= 15 is 0 Å². The summed E-state index contributed by atoms with van der Waals surface area (Å²) in [6.07, 6.45) is -7.15. The Balaban J connectivity index is 2.21. The summed E-state index contributed by atoms with van der Waals surface area (Å²) in [5.74, 6) is 0.0268. The molecule has 188 valence electrons. The summed E-state index contributed by atoms with van der Waals surface area (Å²) in [6.45, 7) is 8.24. The summed E-state index contributed by atoms with van der Waals surface area (Å²) in [5.41, 5.74) is 1.91. The molecule has 1 heterocycles. The number of fused-ring (bicyclic) bond motifs is 1. The molecule has 0 spiro atoms. The number of ether oxygens (including phenoxy) is 1. The molecule has 0 fully saturated rings. The predicted molar refractivity (Wildman–Crippen MR) is 125 cm³/mol. The fourth-order valence-electron chi connectivity index (χ4n) is 3.47. The van der Waals surface area contributed by atoms with E-state index in [4.69, 9.17) is 14.3 Å². The highest BCUT2D eigenvalue weighted by molar-refractivity contribution is 5.87. The molecule has 2 rings (SSSR count). The van der Waals surface area contributed by atoms with E-state index in [9.17, 15) is 30.0 Å². The van der Waals surface area contributed by atoms with Crippen LogP contribution in [0.4, 0.5) is 0 Å². The van der Waals surface area contributed by atoms with Crippen molar-refractivity contribution in [2.45, 2.75) is 51.6 Å². The Bertz CT molecular complexity index is 1090. The highest BCUT2D eigenvalue weighted by Crippen LogP contribution is 2.29. The van der Waals surface area contributed by atoms with Crippen LogP contribution in [0.3, 0.4) is 0 Å². The number of hydrogen-bond donors (Lipinski definition) is 5. The van der Waals surface area contributed by atoms with E-state index in [2.05, 4.69) is 6.58 Å². The summed E-state index contributed by atoms with van der Waals surface area (Å²) in [7, 11) is 1.36. The molecule has 1 aromatic carbocycles. The average Bonchev–Trinajstić information content (AvgIpc) is 2.79. The van der Waals surface area contributed by atoms with E-state index in [1.54, 1.807) is 26.0 Å². The standard InChI is InChI=1S/C24H33NO9/c1-12(2)11-33-19-7-6-15-13(3)16(24(32)34-23(15)14(19)4)8-20(29)25(5)9-17(27)21(30)22(31)18(28)10-26/h6-7,17-18,21-22,26-28,30-31H,1,8-11H2,2-5H3/t17-,18+,21-,22+/m0/s1. The summed E-state index contributed by atoms with van der Waals surface area (Å²) in [6, 6.07) is 3.51. The lowest BCUT2D eigenvalue weighted by Gasteiger charge is -2.28. The van der Waals surface area contributed by atoms with E-state index in [0.29, 0.717) is 34.5 Å². The monoisotopic (exact) mass is 479 g/mol. The Morgan fingerprint density at radius 3 is 2.32 bits per heavy atom. The minimum atomic E-state index is -1.80. The van der Waals surface area contributed by atoms with Crippen molar-refractivity contribution in [1.82, 2.24) is 4.90 Å². The van der Waals surface area contributed by atoms with Gasteiger partial charge in [-0.25, -0.2) is 4.79 Å². The van der Waals surface area contributed by atoms with Gasteiger partial charge in [-0.3, -0.25) is 4.79 Å². The summed E-state index contributed by atoms with van der Waals surface area (Å²) >= 11 is 0. The molecule has 0 aliphatic heterocycles. The van der Waals surface area contributed by atoms with Crippen molar-refractivity contribution in [3.8, 4) is 5.75 Å². The zero-order chi connectivity index (χ0) is 25.7. The second-order valence-corrected chi connectivity index (χ2v) is 8.55. The van der Waals surface area contributed by atoms with Crippen molar-refractivity contribution in [1.29, 1.82) is 0 Å². The quantitative estimate of drug-likeness (QED) is 0.217. The number of rotatable bonds is 11. The molecule has 0 aliphatic rings. The third-order valence-corrected chi connectivity index (χ3v) is 5.67. The largest absolute Gasteiger partial charge is 0.489 e. The molecule has 10 heteroatoms.